The molecule has 0 spiro atoms. The smallest absolute Gasteiger partial charge is 0.00668 e. The van der Waals surface area contributed by atoms with Crippen molar-refractivity contribution in [3.63, 3.8) is 0 Å². The maximum Gasteiger partial charge on any atom is 0.00668 e. The van der Waals surface area contributed by atoms with E-state index in [9.17, 15) is 0 Å². The predicted octanol–water partition coefficient (Wildman–Crippen LogP) is 2.24. The summed E-state index contributed by atoms with van der Waals surface area (Å²) in [6, 6.07) is 0.733. The SMILES string of the molecule is CCCC(C)N(CCC)CCCN. The molecular weight excluding hydrogens is 160 g/mol. The lowest BCUT2D eigenvalue weighted by molar-refractivity contribution is 0.197. The van der Waals surface area contributed by atoms with Crippen LogP contribution >= 0.6 is 0 Å². The molecule has 2 nitrogen and oxygen atoms in total. The molecule has 13 heavy (non-hydrogen) atoms. The summed E-state index contributed by atoms with van der Waals surface area (Å²) in [5.41, 5.74) is 5.52. The maximum absolute atomic E-state index is 5.52. The van der Waals surface area contributed by atoms with Crippen LogP contribution in [0.3, 0.4) is 0 Å². The standard InChI is InChI=1S/C11H26N2/c1-4-7-11(3)13(9-5-2)10-6-8-12/h11H,4-10,12H2,1-3H3. The van der Waals surface area contributed by atoms with E-state index in [4.69, 9.17) is 5.73 Å². The van der Waals surface area contributed by atoms with E-state index in [1.807, 2.05) is 0 Å². The number of hydrogen-bond donors (Lipinski definition) is 1. The Morgan fingerprint density at radius 2 is 1.85 bits per heavy atom. The average Bonchev–Trinajstić information content (AvgIpc) is 2.12. The van der Waals surface area contributed by atoms with Crippen LogP contribution in [-0.2, 0) is 0 Å². The van der Waals surface area contributed by atoms with Crippen molar-refractivity contribution in [3.05, 3.63) is 0 Å². The fraction of sp³-hybridized carbons (Fsp3) is 1.00. The summed E-state index contributed by atoms with van der Waals surface area (Å²) in [6.45, 7) is 10.0. The van der Waals surface area contributed by atoms with Gasteiger partial charge in [-0.2, -0.15) is 0 Å². The molecule has 0 aliphatic rings. The molecule has 0 aromatic heterocycles. The fourth-order valence-corrected chi connectivity index (χ4v) is 1.73. The molecule has 0 aromatic rings. The van der Waals surface area contributed by atoms with Crippen LogP contribution in [0.15, 0.2) is 0 Å². The van der Waals surface area contributed by atoms with Crippen LogP contribution in [0.4, 0.5) is 0 Å². The normalized spacial score (nSPS) is 13.6. The summed E-state index contributed by atoms with van der Waals surface area (Å²) in [5, 5.41) is 0. The molecule has 0 bridgehead atoms. The Hall–Kier alpha value is -0.0800. The first-order valence-electron chi connectivity index (χ1n) is 5.70. The Labute approximate surface area is 83.5 Å². The van der Waals surface area contributed by atoms with Gasteiger partial charge >= 0.3 is 0 Å². The molecule has 0 saturated carbocycles. The Morgan fingerprint density at radius 3 is 2.31 bits per heavy atom. The van der Waals surface area contributed by atoms with Gasteiger partial charge in [0.1, 0.15) is 0 Å². The van der Waals surface area contributed by atoms with Gasteiger partial charge in [-0.25, -0.2) is 0 Å². The highest BCUT2D eigenvalue weighted by atomic mass is 15.1. The van der Waals surface area contributed by atoms with E-state index in [1.54, 1.807) is 0 Å². The number of hydrogen-bond acceptors (Lipinski definition) is 2. The molecule has 0 rings (SSSR count). The zero-order valence-corrected chi connectivity index (χ0v) is 9.55. The topological polar surface area (TPSA) is 29.3 Å². The van der Waals surface area contributed by atoms with Crippen LogP contribution in [0.25, 0.3) is 0 Å². The van der Waals surface area contributed by atoms with Crippen LogP contribution in [-0.4, -0.2) is 30.6 Å². The zero-order chi connectivity index (χ0) is 10.1. The molecule has 1 atom stereocenters. The molecule has 80 valence electrons. The number of nitrogens with zero attached hydrogens (tertiary/aromatic N) is 1. The van der Waals surface area contributed by atoms with Crippen molar-refractivity contribution in [2.75, 3.05) is 19.6 Å². The van der Waals surface area contributed by atoms with E-state index in [-0.39, 0.29) is 0 Å². The summed E-state index contributed by atoms with van der Waals surface area (Å²) in [4.78, 5) is 2.57. The third-order valence-electron chi connectivity index (χ3n) is 2.49. The average molecular weight is 186 g/mol. The molecule has 0 radical (unpaired) electrons. The molecule has 2 heteroatoms. The van der Waals surface area contributed by atoms with Crippen LogP contribution in [0.5, 0.6) is 0 Å². The lowest BCUT2D eigenvalue weighted by atomic mass is 10.1. The lowest BCUT2D eigenvalue weighted by Gasteiger charge is -2.28. The minimum absolute atomic E-state index is 0.733. The van der Waals surface area contributed by atoms with Crippen molar-refractivity contribution in [3.8, 4) is 0 Å². The van der Waals surface area contributed by atoms with Gasteiger partial charge in [0.05, 0.1) is 0 Å². The van der Waals surface area contributed by atoms with Crippen molar-refractivity contribution in [2.45, 2.75) is 52.5 Å². The highest BCUT2D eigenvalue weighted by Gasteiger charge is 2.10. The van der Waals surface area contributed by atoms with E-state index in [1.165, 1.54) is 32.4 Å². The van der Waals surface area contributed by atoms with Crippen LogP contribution in [0, 0.1) is 0 Å². The molecule has 0 heterocycles. The summed E-state index contributed by atoms with van der Waals surface area (Å²) < 4.78 is 0. The number of nitrogens with two attached hydrogens (primary N) is 1. The predicted molar refractivity (Wildman–Crippen MR) is 59.9 cm³/mol. The molecule has 1 unspecified atom stereocenters. The summed E-state index contributed by atoms with van der Waals surface area (Å²) >= 11 is 0. The summed E-state index contributed by atoms with van der Waals surface area (Å²) in [6.07, 6.45) is 4.97. The second-order valence-electron chi connectivity index (χ2n) is 3.82. The largest absolute Gasteiger partial charge is 0.330 e. The monoisotopic (exact) mass is 186 g/mol. The van der Waals surface area contributed by atoms with Crippen LogP contribution in [0.2, 0.25) is 0 Å². The quantitative estimate of drug-likeness (QED) is 0.630. The van der Waals surface area contributed by atoms with Gasteiger partial charge in [0.15, 0.2) is 0 Å². The minimum atomic E-state index is 0.733. The third-order valence-corrected chi connectivity index (χ3v) is 2.49. The molecule has 0 aliphatic heterocycles. The van der Waals surface area contributed by atoms with Crippen molar-refractivity contribution in [1.29, 1.82) is 0 Å². The molecule has 0 amide bonds. The van der Waals surface area contributed by atoms with Gasteiger partial charge in [-0.1, -0.05) is 20.3 Å². The number of rotatable bonds is 8. The first-order chi connectivity index (χ1) is 6.26. The van der Waals surface area contributed by atoms with Crippen molar-refractivity contribution < 1.29 is 0 Å². The Bertz CT molecular complexity index is 104. The van der Waals surface area contributed by atoms with Gasteiger partial charge in [0.2, 0.25) is 0 Å². The van der Waals surface area contributed by atoms with Gasteiger partial charge < -0.3 is 10.6 Å². The molecule has 0 fully saturated rings. The van der Waals surface area contributed by atoms with E-state index >= 15 is 0 Å². The summed E-state index contributed by atoms with van der Waals surface area (Å²) in [5.74, 6) is 0. The first kappa shape index (κ1) is 12.9. The fourth-order valence-electron chi connectivity index (χ4n) is 1.73. The van der Waals surface area contributed by atoms with Gasteiger partial charge in [-0.05, 0) is 45.8 Å². The lowest BCUT2D eigenvalue weighted by Crippen LogP contribution is -2.35. The van der Waals surface area contributed by atoms with E-state index in [0.29, 0.717) is 0 Å². The van der Waals surface area contributed by atoms with Crippen molar-refractivity contribution >= 4 is 0 Å². The minimum Gasteiger partial charge on any atom is -0.330 e. The van der Waals surface area contributed by atoms with Gasteiger partial charge in [0.25, 0.3) is 0 Å². The highest BCUT2D eigenvalue weighted by Crippen LogP contribution is 2.07. The Kier molecular flexibility index (Phi) is 8.46. The Balaban J connectivity index is 3.75. The van der Waals surface area contributed by atoms with Gasteiger partial charge in [-0.15, -0.1) is 0 Å². The summed E-state index contributed by atoms with van der Waals surface area (Å²) in [7, 11) is 0. The molecule has 2 N–H and O–H groups in total. The van der Waals surface area contributed by atoms with E-state index in [0.717, 1.165) is 19.0 Å². The van der Waals surface area contributed by atoms with E-state index in [2.05, 4.69) is 25.7 Å². The van der Waals surface area contributed by atoms with E-state index < -0.39 is 0 Å². The first-order valence-corrected chi connectivity index (χ1v) is 5.70. The second kappa shape index (κ2) is 8.52. The third kappa shape index (κ3) is 6.05. The molecular formula is C11H26N2. The van der Waals surface area contributed by atoms with Crippen LogP contribution in [0.1, 0.15) is 46.5 Å². The van der Waals surface area contributed by atoms with Crippen molar-refractivity contribution in [2.24, 2.45) is 5.73 Å². The molecule has 0 aromatic carbocycles. The van der Waals surface area contributed by atoms with Crippen molar-refractivity contribution in [1.82, 2.24) is 4.90 Å². The van der Waals surface area contributed by atoms with Gasteiger partial charge in [-0.3, -0.25) is 0 Å². The Morgan fingerprint density at radius 1 is 1.15 bits per heavy atom. The van der Waals surface area contributed by atoms with Crippen LogP contribution < -0.4 is 5.73 Å². The highest BCUT2D eigenvalue weighted by molar-refractivity contribution is 4.66. The maximum atomic E-state index is 5.52. The van der Waals surface area contributed by atoms with Gasteiger partial charge in [0, 0.05) is 6.04 Å². The second-order valence-corrected chi connectivity index (χ2v) is 3.82. The molecule has 0 aliphatic carbocycles. The zero-order valence-electron chi connectivity index (χ0n) is 9.55. The molecule has 0 saturated heterocycles.